The quantitative estimate of drug-likeness (QED) is 0.570. The smallest absolute Gasteiger partial charge is 0.127 e. The van der Waals surface area contributed by atoms with Gasteiger partial charge in [0.15, 0.2) is 0 Å². The van der Waals surface area contributed by atoms with Gasteiger partial charge in [0.05, 0.1) is 19.7 Å². The van der Waals surface area contributed by atoms with E-state index >= 15 is 0 Å². The second-order valence-corrected chi connectivity index (χ2v) is 4.63. The topological polar surface area (TPSA) is 25.8 Å². The van der Waals surface area contributed by atoms with Crippen molar-refractivity contribution in [2.24, 2.45) is 0 Å². The second-order valence-electron chi connectivity index (χ2n) is 4.63. The predicted octanol–water partition coefficient (Wildman–Crippen LogP) is 2.75. The van der Waals surface area contributed by atoms with E-state index in [4.69, 9.17) is 4.74 Å². The Morgan fingerprint density at radius 3 is 2.79 bits per heavy atom. The van der Waals surface area contributed by atoms with E-state index in [2.05, 4.69) is 48.3 Å². The van der Waals surface area contributed by atoms with E-state index in [9.17, 15) is 0 Å². The van der Waals surface area contributed by atoms with Gasteiger partial charge in [-0.2, -0.15) is 0 Å². The van der Waals surface area contributed by atoms with Crippen LogP contribution in [0.15, 0.2) is 55.1 Å². The van der Waals surface area contributed by atoms with Crippen molar-refractivity contribution in [1.82, 2.24) is 0 Å². The maximum atomic E-state index is 5.89. The lowest BCUT2D eigenvalue weighted by Gasteiger charge is -2.08. The van der Waals surface area contributed by atoms with Crippen LogP contribution in [0.3, 0.4) is 0 Å². The third kappa shape index (κ3) is 4.11. The Balaban J connectivity index is 1.80. The number of nitrogens with two attached hydrogens (primary N) is 1. The molecule has 0 heterocycles. The van der Waals surface area contributed by atoms with Gasteiger partial charge in [0.2, 0.25) is 0 Å². The van der Waals surface area contributed by atoms with E-state index in [-0.39, 0.29) is 0 Å². The molecule has 0 bridgehead atoms. The first-order chi connectivity index (χ1) is 9.42. The highest BCUT2D eigenvalue weighted by Gasteiger charge is 2.00. The molecule has 0 spiro atoms. The average molecular weight is 256 g/mol. The zero-order valence-corrected chi connectivity index (χ0v) is 11.3. The van der Waals surface area contributed by atoms with Crippen molar-refractivity contribution in [3.63, 3.8) is 0 Å². The largest absolute Gasteiger partial charge is 0.493 e. The number of hydrogen-bond donors (Lipinski definition) is 1. The SMILES string of the molecule is C=CC[NH2+]CCCCOc1cccc2ccccc12. The van der Waals surface area contributed by atoms with E-state index in [1.165, 1.54) is 17.2 Å². The van der Waals surface area contributed by atoms with Crippen LogP contribution < -0.4 is 10.1 Å². The number of benzene rings is 2. The summed E-state index contributed by atoms with van der Waals surface area (Å²) in [4.78, 5) is 0. The first-order valence-corrected chi connectivity index (χ1v) is 6.95. The summed E-state index contributed by atoms with van der Waals surface area (Å²) in [6, 6.07) is 14.6. The molecule has 0 saturated heterocycles. The van der Waals surface area contributed by atoms with E-state index in [1.807, 2.05) is 12.1 Å². The van der Waals surface area contributed by atoms with E-state index in [0.29, 0.717) is 0 Å². The third-order valence-electron chi connectivity index (χ3n) is 3.14. The Labute approximate surface area is 115 Å². The van der Waals surface area contributed by atoms with Crippen molar-refractivity contribution in [2.75, 3.05) is 19.7 Å². The van der Waals surface area contributed by atoms with Crippen molar-refractivity contribution in [3.05, 3.63) is 55.1 Å². The minimum absolute atomic E-state index is 0.788. The summed E-state index contributed by atoms with van der Waals surface area (Å²) in [5.74, 6) is 0.994. The fourth-order valence-electron chi connectivity index (χ4n) is 2.13. The molecule has 19 heavy (non-hydrogen) atoms. The molecular weight excluding hydrogens is 234 g/mol. The third-order valence-corrected chi connectivity index (χ3v) is 3.14. The maximum Gasteiger partial charge on any atom is 0.127 e. The van der Waals surface area contributed by atoms with Crippen LogP contribution in [-0.4, -0.2) is 19.7 Å². The van der Waals surface area contributed by atoms with Crippen LogP contribution in [0.4, 0.5) is 0 Å². The second kappa shape index (κ2) is 7.59. The van der Waals surface area contributed by atoms with Crippen molar-refractivity contribution in [1.29, 1.82) is 0 Å². The van der Waals surface area contributed by atoms with Gasteiger partial charge in [-0.3, -0.25) is 0 Å². The van der Waals surface area contributed by atoms with Crippen LogP contribution in [0.2, 0.25) is 0 Å². The minimum atomic E-state index is 0.788. The lowest BCUT2D eigenvalue weighted by Crippen LogP contribution is -2.83. The number of fused-ring (bicyclic) bond motifs is 1. The average Bonchev–Trinajstić information content (AvgIpc) is 2.46. The standard InChI is InChI=1S/C17H21NO/c1-2-12-18-13-5-6-14-19-17-11-7-9-15-8-3-4-10-16(15)17/h2-4,7-11,18H,1,5-6,12-14H2/p+1. The summed E-state index contributed by atoms with van der Waals surface area (Å²) in [5.41, 5.74) is 0. The van der Waals surface area contributed by atoms with Crippen LogP contribution in [0.25, 0.3) is 10.8 Å². The zero-order chi connectivity index (χ0) is 13.3. The number of hydrogen-bond acceptors (Lipinski definition) is 1. The Morgan fingerprint density at radius 1 is 1.05 bits per heavy atom. The molecule has 2 rings (SSSR count). The van der Waals surface area contributed by atoms with Gasteiger partial charge in [0.1, 0.15) is 5.75 Å². The van der Waals surface area contributed by atoms with Gasteiger partial charge in [-0.25, -0.2) is 0 Å². The molecule has 0 aliphatic heterocycles. The van der Waals surface area contributed by atoms with Crippen molar-refractivity contribution in [3.8, 4) is 5.75 Å². The summed E-state index contributed by atoms with van der Waals surface area (Å²) in [7, 11) is 0. The van der Waals surface area contributed by atoms with Crippen LogP contribution in [0.5, 0.6) is 5.75 Å². The van der Waals surface area contributed by atoms with Gasteiger partial charge in [0, 0.05) is 5.39 Å². The monoisotopic (exact) mass is 256 g/mol. The van der Waals surface area contributed by atoms with Crippen molar-refractivity contribution < 1.29 is 10.1 Å². The molecule has 100 valence electrons. The molecule has 0 atom stereocenters. The fourth-order valence-corrected chi connectivity index (χ4v) is 2.13. The number of unbranched alkanes of at least 4 members (excludes halogenated alkanes) is 1. The van der Waals surface area contributed by atoms with Crippen LogP contribution in [0.1, 0.15) is 12.8 Å². The van der Waals surface area contributed by atoms with Crippen molar-refractivity contribution in [2.45, 2.75) is 12.8 Å². The van der Waals surface area contributed by atoms with Gasteiger partial charge < -0.3 is 10.1 Å². The molecule has 2 aromatic carbocycles. The van der Waals surface area contributed by atoms with E-state index < -0.39 is 0 Å². The first-order valence-electron chi connectivity index (χ1n) is 6.95. The highest BCUT2D eigenvalue weighted by molar-refractivity contribution is 5.88. The van der Waals surface area contributed by atoms with Crippen LogP contribution >= 0.6 is 0 Å². The van der Waals surface area contributed by atoms with Gasteiger partial charge >= 0.3 is 0 Å². The molecular formula is C17H22NO+. The normalized spacial score (nSPS) is 10.5. The molecule has 0 amide bonds. The first kappa shape index (κ1) is 13.6. The summed E-state index contributed by atoms with van der Waals surface area (Å²) in [6.07, 6.45) is 4.21. The van der Waals surface area contributed by atoms with Crippen molar-refractivity contribution >= 4 is 10.8 Å². The van der Waals surface area contributed by atoms with Gasteiger partial charge in [-0.1, -0.05) is 43.0 Å². The number of quaternary nitrogens is 1. The molecule has 0 aliphatic rings. The number of rotatable bonds is 8. The molecule has 0 aromatic heterocycles. The number of ether oxygens (including phenoxy) is 1. The Morgan fingerprint density at radius 2 is 1.89 bits per heavy atom. The Bertz CT molecular complexity index is 516. The minimum Gasteiger partial charge on any atom is -0.493 e. The Kier molecular flexibility index (Phi) is 5.45. The molecule has 0 saturated carbocycles. The molecule has 2 nitrogen and oxygen atoms in total. The molecule has 2 heteroatoms. The summed E-state index contributed by atoms with van der Waals surface area (Å²) in [5, 5.41) is 4.70. The van der Waals surface area contributed by atoms with Gasteiger partial charge in [-0.15, -0.1) is 0 Å². The van der Waals surface area contributed by atoms with E-state index in [0.717, 1.165) is 31.9 Å². The highest BCUT2D eigenvalue weighted by Crippen LogP contribution is 2.25. The van der Waals surface area contributed by atoms with Gasteiger partial charge in [0.25, 0.3) is 0 Å². The van der Waals surface area contributed by atoms with Crippen LogP contribution in [0, 0.1) is 0 Å². The molecule has 0 unspecified atom stereocenters. The lowest BCUT2D eigenvalue weighted by molar-refractivity contribution is -0.646. The Hall–Kier alpha value is -1.80. The maximum absolute atomic E-state index is 5.89. The lowest BCUT2D eigenvalue weighted by atomic mass is 10.1. The van der Waals surface area contributed by atoms with Crippen LogP contribution in [-0.2, 0) is 0 Å². The molecule has 2 N–H and O–H groups in total. The molecule has 0 aliphatic carbocycles. The zero-order valence-electron chi connectivity index (χ0n) is 11.3. The van der Waals surface area contributed by atoms with E-state index in [1.54, 1.807) is 0 Å². The summed E-state index contributed by atoms with van der Waals surface area (Å²) < 4.78 is 5.89. The molecule has 0 radical (unpaired) electrons. The summed E-state index contributed by atoms with van der Waals surface area (Å²) in [6.45, 7) is 6.64. The molecule has 0 fully saturated rings. The highest BCUT2D eigenvalue weighted by atomic mass is 16.5. The predicted molar refractivity (Wildman–Crippen MR) is 80.5 cm³/mol. The summed E-state index contributed by atoms with van der Waals surface area (Å²) >= 11 is 0. The molecule has 2 aromatic rings. The van der Waals surface area contributed by atoms with Gasteiger partial charge in [-0.05, 0) is 30.4 Å². The fraction of sp³-hybridized carbons (Fsp3) is 0.294.